The number of nitrogens with zero attached hydrogens (tertiary/aromatic N) is 1. The Kier molecular flexibility index (Phi) is 3.20. The smallest absolute Gasteiger partial charge is 0.186 e. The molecule has 2 aromatic rings. The first-order valence-corrected chi connectivity index (χ1v) is 6.64. The van der Waals surface area contributed by atoms with Gasteiger partial charge in [0, 0.05) is 6.54 Å². The van der Waals surface area contributed by atoms with Crippen LogP contribution in [0.15, 0.2) is 34.8 Å². The highest BCUT2D eigenvalue weighted by Gasteiger charge is 2.41. The Bertz CT molecular complexity index is 646. The van der Waals surface area contributed by atoms with Crippen LogP contribution < -0.4 is 4.90 Å². The van der Waals surface area contributed by atoms with Crippen molar-refractivity contribution in [2.75, 3.05) is 11.4 Å². The van der Waals surface area contributed by atoms with Gasteiger partial charge in [0.1, 0.15) is 5.69 Å². The number of benzene rings is 2. The number of halogens is 5. The first-order valence-electron chi connectivity index (χ1n) is 5.85. The predicted molar refractivity (Wildman–Crippen MR) is 70.5 cm³/mol. The molecule has 1 unspecified atom stereocenters. The van der Waals surface area contributed by atoms with Gasteiger partial charge >= 0.3 is 0 Å². The first kappa shape index (κ1) is 13.4. The van der Waals surface area contributed by atoms with Gasteiger partial charge in [-0.05, 0) is 21.5 Å². The lowest BCUT2D eigenvalue weighted by Gasteiger charge is -2.11. The zero-order valence-electron chi connectivity index (χ0n) is 10.0. The van der Waals surface area contributed by atoms with Crippen LogP contribution in [0.2, 0.25) is 0 Å². The molecular weight excluding hydrogens is 338 g/mol. The van der Waals surface area contributed by atoms with Crippen LogP contribution in [0.5, 0.6) is 0 Å². The molecule has 1 aliphatic heterocycles. The maximum Gasteiger partial charge on any atom is 0.186 e. The summed E-state index contributed by atoms with van der Waals surface area (Å²) in [6.45, 7) is 0.318. The topological polar surface area (TPSA) is 3.01 Å². The largest absolute Gasteiger partial charge is 0.355 e. The molecule has 1 aliphatic rings. The van der Waals surface area contributed by atoms with Crippen molar-refractivity contribution in [3.63, 3.8) is 0 Å². The molecule has 3 rings (SSSR count). The summed E-state index contributed by atoms with van der Waals surface area (Å²) in [5.74, 6) is -5.60. The highest BCUT2D eigenvalue weighted by Crippen LogP contribution is 2.44. The molecular formula is C14H8BrF4N. The summed E-state index contributed by atoms with van der Waals surface area (Å²) in [6, 6.07) is 8.73. The summed E-state index contributed by atoms with van der Waals surface area (Å²) in [4.78, 5) is 1.29. The van der Waals surface area contributed by atoms with Gasteiger partial charge in [-0.3, -0.25) is 0 Å². The molecule has 0 N–H and O–H groups in total. The van der Waals surface area contributed by atoms with Crippen molar-refractivity contribution in [1.82, 2.24) is 0 Å². The molecule has 0 bridgehead atoms. The zero-order valence-corrected chi connectivity index (χ0v) is 11.6. The fraction of sp³-hybridized carbons (Fsp3) is 0.143. The minimum Gasteiger partial charge on any atom is -0.355 e. The van der Waals surface area contributed by atoms with E-state index in [9.17, 15) is 17.6 Å². The second kappa shape index (κ2) is 4.77. The van der Waals surface area contributed by atoms with Gasteiger partial charge in [-0.25, -0.2) is 17.6 Å². The number of hydrogen-bond acceptors (Lipinski definition) is 1. The van der Waals surface area contributed by atoms with E-state index in [0.717, 1.165) is 5.56 Å². The van der Waals surface area contributed by atoms with Crippen LogP contribution in [-0.4, -0.2) is 6.54 Å². The molecule has 0 radical (unpaired) electrons. The lowest BCUT2D eigenvalue weighted by atomic mass is 10.1. The van der Waals surface area contributed by atoms with Gasteiger partial charge in [-0.1, -0.05) is 30.3 Å². The van der Waals surface area contributed by atoms with Crippen molar-refractivity contribution in [3.05, 3.63) is 63.6 Å². The van der Waals surface area contributed by atoms with E-state index in [1.54, 1.807) is 24.3 Å². The lowest BCUT2D eigenvalue weighted by Crippen LogP contribution is -2.06. The summed E-state index contributed by atoms with van der Waals surface area (Å²) in [5, 5.41) is 0. The first-order chi connectivity index (χ1) is 9.52. The molecule has 1 saturated heterocycles. The third-order valence-corrected chi connectivity index (χ3v) is 3.97. The highest BCUT2D eigenvalue weighted by atomic mass is 79.9. The second-order valence-electron chi connectivity index (χ2n) is 4.50. The molecule has 1 atom stereocenters. The average molecular weight is 346 g/mol. The SMILES string of the molecule is Fc1c(F)c(N2CC2c2ccccc2)c(F)c(F)c1Br. The molecule has 0 aliphatic carbocycles. The summed E-state index contributed by atoms with van der Waals surface area (Å²) in [7, 11) is 0. The summed E-state index contributed by atoms with van der Waals surface area (Å²) in [6.07, 6.45) is 0. The minimum absolute atomic E-state index is 0.264. The Balaban J connectivity index is 2.02. The minimum atomic E-state index is -1.42. The predicted octanol–water partition coefficient (Wildman–Crippen LogP) is 4.57. The summed E-state index contributed by atoms with van der Waals surface area (Å²) >= 11 is 2.50. The van der Waals surface area contributed by atoms with Crippen LogP contribution in [0, 0.1) is 23.3 Å². The molecule has 20 heavy (non-hydrogen) atoms. The van der Waals surface area contributed by atoms with Crippen molar-refractivity contribution in [3.8, 4) is 0 Å². The van der Waals surface area contributed by atoms with Crippen LogP contribution in [0.1, 0.15) is 11.6 Å². The van der Waals surface area contributed by atoms with E-state index in [1.165, 1.54) is 4.90 Å². The van der Waals surface area contributed by atoms with Gasteiger partial charge in [0.25, 0.3) is 0 Å². The third kappa shape index (κ3) is 1.98. The van der Waals surface area contributed by atoms with Crippen LogP contribution in [0.25, 0.3) is 0 Å². The Labute approximate surface area is 121 Å². The molecule has 2 aromatic carbocycles. The van der Waals surface area contributed by atoms with Gasteiger partial charge < -0.3 is 4.90 Å². The van der Waals surface area contributed by atoms with Crippen LogP contribution in [-0.2, 0) is 0 Å². The van der Waals surface area contributed by atoms with E-state index in [-0.39, 0.29) is 6.04 Å². The quantitative estimate of drug-likeness (QED) is 0.333. The van der Waals surface area contributed by atoms with Crippen molar-refractivity contribution >= 4 is 21.6 Å². The van der Waals surface area contributed by atoms with Crippen LogP contribution in [0.3, 0.4) is 0 Å². The summed E-state index contributed by atoms with van der Waals surface area (Å²) in [5.41, 5.74) is 0.187. The van der Waals surface area contributed by atoms with E-state index in [0.29, 0.717) is 6.54 Å². The molecule has 1 nitrogen and oxygen atoms in total. The molecule has 104 valence electrons. The van der Waals surface area contributed by atoms with Gasteiger partial charge in [0.2, 0.25) is 0 Å². The second-order valence-corrected chi connectivity index (χ2v) is 5.29. The molecule has 1 heterocycles. The molecule has 0 aromatic heterocycles. The third-order valence-electron chi connectivity index (χ3n) is 3.27. The van der Waals surface area contributed by atoms with Gasteiger partial charge in [0.05, 0.1) is 10.5 Å². The molecule has 1 fully saturated rings. The fourth-order valence-corrected chi connectivity index (χ4v) is 2.54. The zero-order chi connectivity index (χ0) is 14.4. The standard InChI is InChI=1S/C14H8BrF4N/c15-9-10(16)12(18)14(13(19)11(9)17)20-6-8(20)7-4-2-1-3-5-7/h1-5,8H,6H2. The van der Waals surface area contributed by atoms with Crippen LogP contribution >= 0.6 is 15.9 Å². The Morgan fingerprint density at radius 1 is 0.900 bits per heavy atom. The molecule has 0 spiro atoms. The van der Waals surface area contributed by atoms with Crippen molar-refractivity contribution < 1.29 is 17.6 Å². The Hall–Kier alpha value is -1.56. The van der Waals surface area contributed by atoms with E-state index in [1.807, 2.05) is 6.07 Å². The van der Waals surface area contributed by atoms with E-state index in [4.69, 9.17) is 0 Å². The number of rotatable bonds is 2. The fourth-order valence-electron chi connectivity index (χ4n) is 2.19. The lowest BCUT2D eigenvalue weighted by molar-refractivity contribution is 0.449. The molecule has 0 amide bonds. The highest BCUT2D eigenvalue weighted by molar-refractivity contribution is 9.10. The summed E-state index contributed by atoms with van der Waals surface area (Å²) < 4.78 is 53.8. The maximum absolute atomic E-state index is 13.8. The van der Waals surface area contributed by atoms with E-state index < -0.39 is 33.4 Å². The van der Waals surface area contributed by atoms with Gasteiger partial charge in [0.15, 0.2) is 23.3 Å². The number of anilines is 1. The monoisotopic (exact) mass is 345 g/mol. The van der Waals surface area contributed by atoms with Gasteiger partial charge in [-0.15, -0.1) is 0 Å². The average Bonchev–Trinajstić information content (AvgIpc) is 3.24. The van der Waals surface area contributed by atoms with E-state index in [2.05, 4.69) is 15.9 Å². The van der Waals surface area contributed by atoms with Crippen molar-refractivity contribution in [2.45, 2.75) is 6.04 Å². The Morgan fingerprint density at radius 3 is 2.00 bits per heavy atom. The van der Waals surface area contributed by atoms with Crippen molar-refractivity contribution in [2.24, 2.45) is 0 Å². The number of hydrogen-bond donors (Lipinski definition) is 0. The molecule has 6 heteroatoms. The van der Waals surface area contributed by atoms with Crippen LogP contribution in [0.4, 0.5) is 23.2 Å². The van der Waals surface area contributed by atoms with Crippen molar-refractivity contribution in [1.29, 1.82) is 0 Å². The normalized spacial score (nSPS) is 17.4. The Morgan fingerprint density at radius 2 is 1.45 bits per heavy atom. The van der Waals surface area contributed by atoms with Gasteiger partial charge in [-0.2, -0.15) is 0 Å². The molecule has 0 saturated carbocycles. The maximum atomic E-state index is 13.8. The van der Waals surface area contributed by atoms with E-state index >= 15 is 0 Å².